The van der Waals surface area contributed by atoms with Crippen molar-refractivity contribution in [3.05, 3.63) is 17.2 Å². The maximum atomic E-state index is 12.7. The van der Waals surface area contributed by atoms with Crippen LogP contribution in [0.5, 0.6) is 0 Å². The van der Waals surface area contributed by atoms with Gasteiger partial charge in [0.15, 0.2) is 0 Å². The lowest BCUT2D eigenvalue weighted by molar-refractivity contribution is -0.143. The van der Waals surface area contributed by atoms with Gasteiger partial charge in [-0.2, -0.15) is 0 Å². The van der Waals surface area contributed by atoms with E-state index in [0.29, 0.717) is 5.13 Å². The van der Waals surface area contributed by atoms with Gasteiger partial charge in [0.1, 0.15) is 11.2 Å². The fourth-order valence-corrected chi connectivity index (χ4v) is 4.95. The quantitative estimate of drug-likeness (QED) is 0.618. The number of rotatable bonds is 4. The predicted octanol–water partition coefficient (Wildman–Crippen LogP) is 1.94. The molecular weight excluding hydrogens is 354 g/mol. The van der Waals surface area contributed by atoms with Crippen LogP contribution >= 0.6 is 11.3 Å². The highest BCUT2D eigenvalue weighted by Crippen LogP contribution is 2.52. The number of nitrogens with zero attached hydrogens (tertiary/aromatic N) is 3. The van der Waals surface area contributed by atoms with Gasteiger partial charge in [0.25, 0.3) is 0 Å². The molecule has 2 bridgehead atoms. The van der Waals surface area contributed by atoms with Gasteiger partial charge >= 0.3 is 6.03 Å². The van der Waals surface area contributed by atoms with E-state index in [1.807, 2.05) is 26.0 Å². The lowest BCUT2D eigenvalue weighted by atomic mass is 9.85. The number of likely N-dealkylation sites (tertiary alicyclic amines) is 1. The second-order valence-corrected chi connectivity index (χ2v) is 8.43. The van der Waals surface area contributed by atoms with Gasteiger partial charge in [0, 0.05) is 5.92 Å². The van der Waals surface area contributed by atoms with Gasteiger partial charge in [-0.25, -0.2) is 4.79 Å². The number of urea groups is 1. The van der Waals surface area contributed by atoms with Gasteiger partial charge in [0.05, 0.1) is 11.8 Å². The molecule has 0 aromatic carbocycles. The van der Waals surface area contributed by atoms with Gasteiger partial charge in [-0.3, -0.25) is 19.8 Å². The Morgan fingerprint density at radius 3 is 2.31 bits per heavy atom. The summed E-state index contributed by atoms with van der Waals surface area (Å²) in [5.41, 5.74) is 0. The number of allylic oxidation sites excluding steroid dienone is 2. The van der Waals surface area contributed by atoms with Crippen LogP contribution in [0.2, 0.25) is 0 Å². The fraction of sp³-hybridized carbons (Fsp3) is 0.588. The molecule has 2 fully saturated rings. The lowest BCUT2D eigenvalue weighted by Crippen LogP contribution is -2.51. The molecule has 9 heteroatoms. The molecule has 2 N–H and O–H groups in total. The molecule has 1 aromatic heterocycles. The van der Waals surface area contributed by atoms with Crippen molar-refractivity contribution in [1.82, 2.24) is 20.4 Å². The van der Waals surface area contributed by atoms with Crippen LogP contribution in [0.15, 0.2) is 12.2 Å². The molecule has 1 aromatic rings. The van der Waals surface area contributed by atoms with Gasteiger partial charge < -0.3 is 5.32 Å². The minimum absolute atomic E-state index is 0.156. The number of aromatic nitrogens is 2. The zero-order valence-electron chi connectivity index (χ0n) is 14.8. The molecule has 0 radical (unpaired) electrons. The van der Waals surface area contributed by atoms with E-state index >= 15 is 0 Å². The van der Waals surface area contributed by atoms with Crippen LogP contribution in [0.1, 0.15) is 38.1 Å². The molecule has 0 spiro atoms. The van der Waals surface area contributed by atoms with Crippen molar-refractivity contribution in [2.24, 2.45) is 23.7 Å². The molecule has 2 aliphatic carbocycles. The maximum Gasteiger partial charge on any atom is 0.322 e. The number of carbonyl (C=O) groups is 3. The summed E-state index contributed by atoms with van der Waals surface area (Å²) in [6, 6.07) is -0.511. The number of anilines is 1. The molecule has 4 amide bonds. The van der Waals surface area contributed by atoms with Gasteiger partial charge in [-0.15, -0.1) is 10.2 Å². The first kappa shape index (κ1) is 17.1. The fourth-order valence-electron chi connectivity index (χ4n) is 4.21. The highest BCUT2D eigenvalue weighted by atomic mass is 32.1. The summed E-state index contributed by atoms with van der Waals surface area (Å²) in [6.45, 7) is 5.64. The minimum Gasteiger partial charge on any atom is -0.317 e. The smallest absolute Gasteiger partial charge is 0.317 e. The molecule has 5 unspecified atom stereocenters. The van der Waals surface area contributed by atoms with Crippen molar-refractivity contribution < 1.29 is 14.4 Å². The maximum absolute atomic E-state index is 12.7. The first-order valence-corrected chi connectivity index (χ1v) is 9.64. The van der Waals surface area contributed by atoms with E-state index in [-0.39, 0.29) is 41.4 Å². The molecule has 3 aliphatic rings. The third-order valence-corrected chi connectivity index (χ3v) is 6.53. The van der Waals surface area contributed by atoms with Gasteiger partial charge in [-0.05, 0) is 25.2 Å². The Balaban J connectivity index is 1.40. The molecule has 4 rings (SSSR count). The molecule has 138 valence electrons. The number of carbonyl (C=O) groups excluding carboxylic acids is 3. The molecule has 26 heavy (non-hydrogen) atoms. The summed E-state index contributed by atoms with van der Waals surface area (Å²) in [6.07, 6.45) is 4.27. The van der Waals surface area contributed by atoms with Crippen LogP contribution in [0, 0.1) is 23.7 Å². The van der Waals surface area contributed by atoms with Crippen molar-refractivity contribution in [3.8, 4) is 0 Å². The summed E-state index contributed by atoms with van der Waals surface area (Å²) in [4.78, 5) is 38.9. The Hall–Kier alpha value is -2.29. The lowest BCUT2D eigenvalue weighted by Gasteiger charge is -2.25. The van der Waals surface area contributed by atoms with E-state index in [1.165, 1.54) is 16.2 Å². The van der Waals surface area contributed by atoms with Crippen molar-refractivity contribution in [1.29, 1.82) is 0 Å². The SMILES string of the molecule is CC(C)c1nnc(NC(=O)NC(C)N2C(=O)C3C4C=CC(C4)C3C2=O)s1. The first-order chi connectivity index (χ1) is 12.4. The second-order valence-electron chi connectivity index (χ2n) is 7.42. The molecule has 1 saturated carbocycles. The Labute approximate surface area is 155 Å². The molecule has 5 atom stereocenters. The summed E-state index contributed by atoms with van der Waals surface area (Å²) in [5, 5.41) is 14.4. The molecule has 1 aliphatic heterocycles. The average molecular weight is 375 g/mol. The number of hydrogen-bond donors (Lipinski definition) is 2. The van der Waals surface area contributed by atoms with Gasteiger partial charge in [-0.1, -0.05) is 37.3 Å². The second kappa shape index (κ2) is 6.15. The topological polar surface area (TPSA) is 104 Å². The average Bonchev–Trinajstić information content (AvgIpc) is 3.31. The Morgan fingerprint density at radius 1 is 1.15 bits per heavy atom. The summed E-state index contributed by atoms with van der Waals surface area (Å²) < 4.78 is 0. The van der Waals surface area contributed by atoms with Crippen LogP contribution in [0.25, 0.3) is 0 Å². The number of amides is 4. The van der Waals surface area contributed by atoms with Crippen LogP contribution in [0.3, 0.4) is 0 Å². The molecule has 1 saturated heterocycles. The minimum atomic E-state index is -0.711. The summed E-state index contributed by atoms with van der Waals surface area (Å²) in [7, 11) is 0. The largest absolute Gasteiger partial charge is 0.322 e. The van der Waals surface area contributed by atoms with E-state index in [0.717, 1.165) is 11.4 Å². The standard InChI is InChI=1S/C17H21N5O3S/c1-7(2)13-20-21-17(26-13)19-16(25)18-8(3)22-14(23)11-9-4-5-10(6-9)12(11)15(22)24/h4-5,7-12H,6H2,1-3H3,(H2,18,19,21,25). The van der Waals surface area contributed by atoms with Gasteiger partial charge in [0.2, 0.25) is 16.9 Å². The van der Waals surface area contributed by atoms with Crippen molar-refractivity contribution >= 4 is 34.3 Å². The zero-order chi connectivity index (χ0) is 18.6. The zero-order valence-corrected chi connectivity index (χ0v) is 15.6. The van der Waals surface area contributed by atoms with Crippen LogP contribution in [-0.4, -0.2) is 39.1 Å². The number of imide groups is 1. The highest BCUT2D eigenvalue weighted by Gasteiger charge is 2.60. The molecule has 2 heterocycles. The predicted molar refractivity (Wildman–Crippen MR) is 95.2 cm³/mol. The third-order valence-electron chi connectivity index (χ3n) is 5.39. The Morgan fingerprint density at radius 2 is 1.77 bits per heavy atom. The summed E-state index contributed by atoms with van der Waals surface area (Å²) in [5.74, 6) is -0.339. The monoisotopic (exact) mass is 375 g/mol. The highest BCUT2D eigenvalue weighted by molar-refractivity contribution is 7.15. The third kappa shape index (κ3) is 2.61. The van der Waals surface area contributed by atoms with Crippen molar-refractivity contribution in [3.63, 3.8) is 0 Å². The Bertz CT molecular complexity index is 774. The van der Waals surface area contributed by atoms with E-state index in [1.54, 1.807) is 6.92 Å². The number of nitrogens with one attached hydrogen (secondary N) is 2. The van der Waals surface area contributed by atoms with Crippen LogP contribution in [-0.2, 0) is 9.59 Å². The molecule has 8 nitrogen and oxygen atoms in total. The summed E-state index contributed by atoms with van der Waals surface area (Å²) >= 11 is 1.30. The Kier molecular flexibility index (Phi) is 4.06. The number of fused-ring (bicyclic) bond motifs is 5. The van der Waals surface area contributed by atoms with E-state index in [9.17, 15) is 14.4 Å². The normalized spacial score (nSPS) is 30.2. The number of hydrogen-bond acceptors (Lipinski definition) is 6. The van der Waals surface area contributed by atoms with E-state index < -0.39 is 12.2 Å². The van der Waals surface area contributed by atoms with Crippen LogP contribution in [0.4, 0.5) is 9.93 Å². The van der Waals surface area contributed by atoms with Crippen LogP contribution < -0.4 is 10.6 Å². The van der Waals surface area contributed by atoms with Crippen molar-refractivity contribution in [2.45, 2.75) is 39.3 Å². The first-order valence-electron chi connectivity index (χ1n) is 8.83. The van der Waals surface area contributed by atoms with E-state index in [4.69, 9.17) is 0 Å². The van der Waals surface area contributed by atoms with E-state index in [2.05, 4.69) is 20.8 Å². The van der Waals surface area contributed by atoms with Crippen molar-refractivity contribution in [2.75, 3.05) is 5.32 Å². The molecular formula is C17H21N5O3S.